The normalized spacial score (nSPS) is 7.80. The Kier molecular flexibility index (Phi) is 6.50. The average molecular weight is 186 g/mol. The van der Waals surface area contributed by atoms with Crippen LogP contribution in [0.1, 0.15) is 0 Å². The number of hydrogen-bond acceptors (Lipinski definition) is 2. The van der Waals surface area contributed by atoms with Gasteiger partial charge in [-0.25, -0.2) is 0 Å². The van der Waals surface area contributed by atoms with Crippen molar-refractivity contribution >= 4 is 35.2 Å². The van der Waals surface area contributed by atoms with E-state index < -0.39 is 5.24 Å². The Labute approximate surface area is 70.2 Å². The Balaban J connectivity index is 0. The van der Waals surface area contributed by atoms with E-state index in [1.807, 2.05) is 0 Å². The number of guanidine groups is 1. The van der Waals surface area contributed by atoms with Crippen LogP contribution in [0.5, 0.6) is 0 Å². The molecule has 0 heterocycles. The number of rotatable bonds is 2. The zero-order chi connectivity index (χ0) is 7.44. The second kappa shape index (κ2) is 5.32. The molecule has 10 heavy (non-hydrogen) atoms. The molecule has 0 aliphatic carbocycles. The molecule has 0 unspecified atom stereocenters. The van der Waals surface area contributed by atoms with Gasteiger partial charge in [0.05, 0.1) is 6.54 Å². The predicted molar refractivity (Wildman–Crippen MR) is 42.7 cm³/mol. The molecule has 0 amide bonds. The van der Waals surface area contributed by atoms with E-state index in [1.165, 1.54) is 11.9 Å². The first-order valence-electron chi connectivity index (χ1n) is 2.27. The van der Waals surface area contributed by atoms with E-state index in [-0.39, 0.29) is 24.9 Å². The van der Waals surface area contributed by atoms with Gasteiger partial charge < -0.3 is 10.6 Å². The van der Waals surface area contributed by atoms with Crippen molar-refractivity contribution in [2.45, 2.75) is 0 Å². The van der Waals surface area contributed by atoms with Crippen LogP contribution in [-0.4, -0.2) is 29.7 Å². The van der Waals surface area contributed by atoms with Gasteiger partial charge >= 0.3 is 0 Å². The fraction of sp³-hybridized carbons (Fsp3) is 0.500. The van der Waals surface area contributed by atoms with Gasteiger partial charge in [0.2, 0.25) is 5.24 Å². The first-order valence-corrected chi connectivity index (χ1v) is 2.65. The average Bonchev–Trinajstić information content (AvgIpc) is 1.63. The monoisotopic (exact) mass is 185 g/mol. The van der Waals surface area contributed by atoms with Crippen molar-refractivity contribution in [3.63, 3.8) is 0 Å². The van der Waals surface area contributed by atoms with Crippen LogP contribution < -0.4 is 5.73 Å². The summed E-state index contributed by atoms with van der Waals surface area (Å²) in [5.74, 6) is -0.163. The zero-order valence-corrected chi connectivity index (χ0v) is 7.00. The van der Waals surface area contributed by atoms with Crippen molar-refractivity contribution in [3.05, 3.63) is 0 Å². The highest BCUT2D eigenvalue weighted by Gasteiger charge is 2.02. The van der Waals surface area contributed by atoms with E-state index in [0.717, 1.165) is 0 Å². The standard InChI is InChI=1S/C4H8ClN3O.ClH/c1-8(4(6)7)2-3(5)9;/h2H2,1H3,(H3,6,7);1H. The smallest absolute Gasteiger partial charge is 0.241 e. The van der Waals surface area contributed by atoms with Gasteiger partial charge in [-0.3, -0.25) is 10.2 Å². The number of nitrogens with one attached hydrogen (secondary N) is 1. The molecule has 60 valence electrons. The fourth-order valence-electron chi connectivity index (χ4n) is 0.272. The predicted octanol–water partition coefficient (Wildman–Crippen LogP) is -0.00113. The van der Waals surface area contributed by atoms with Crippen LogP contribution in [0.2, 0.25) is 0 Å². The van der Waals surface area contributed by atoms with Crippen LogP contribution >= 0.6 is 24.0 Å². The van der Waals surface area contributed by atoms with Gasteiger partial charge in [0.25, 0.3) is 0 Å². The van der Waals surface area contributed by atoms with Crippen LogP contribution in [-0.2, 0) is 4.79 Å². The van der Waals surface area contributed by atoms with Gasteiger partial charge in [0, 0.05) is 7.05 Å². The zero-order valence-electron chi connectivity index (χ0n) is 5.43. The number of nitrogens with zero attached hydrogens (tertiary/aromatic N) is 1. The number of likely N-dealkylation sites (N-methyl/N-ethyl adjacent to an activating group) is 1. The first kappa shape index (κ1) is 12.2. The Hall–Kier alpha value is -0.480. The topological polar surface area (TPSA) is 70.2 Å². The summed E-state index contributed by atoms with van der Waals surface area (Å²) in [4.78, 5) is 11.4. The Bertz CT molecular complexity index is 138. The van der Waals surface area contributed by atoms with Gasteiger partial charge in [0.1, 0.15) is 0 Å². The van der Waals surface area contributed by atoms with E-state index in [0.29, 0.717) is 0 Å². The number of nitrogens with two attached hydrogens (primary N) is 1. The second-order valence-electron chi connectivity index (χ2n) is 1.60. The van der Waals surface area contributed by atoms with Gasteiger partial charge in [-0.15, -0.1) is 12.4 Å². The van der Waals surface area contributed by atoms with Crippen molar-refractivity contribution in [2.75, 3.05) is 13.6 Å². The molecule has 0 aromatic carbocycles. The Morgan fingerprint density at radius 1 is 1.80 bits per heavy atom. The number of hydrogen-bond donors (Lipinski definition) is 2. The lowest BCUT2D eigenvalue weighted by Gasteiger charge is -2.12. The third-order valence-electron chi connectivity index (χ3n) is 0.773. The van der Waals surface area contributed by atoms with E-state index >= 15 is 0 Å². The van der Waals surface area contributed by atoms with Crippen LogP contribution in [0.3, 0.4) is 0 Å². The minimum atomic E-state index is -0.521. The van der Waals surface area contributed by atoms with Gasteiger partial charge in [-0.1, -0.05) is 0 Å². The minimum Gasteiger partial charge on any atom is -0.370 e. The largest absolute Gasteiger partial charge is 0.370 e. The van der Waals surface area contributed by atoms with E-state index in [2.05, 4.69) is 0 Å². The number of halogens is 2. The van der Waals surface area contributed by atoms with Crippen LogP contribution in [0, 0.1) is 5.41 Å². The molecule has 0 aromatic heterocycles. The molecule has 0 saturated carbocycles. The van der Waals surface area contributed by atoms with Crippen LogP contribution in [0.15, 0.2) is 0 Å². The highest BCUT2D eigenvalue weighted by Crippen LogP contribution is 1.84. The summed E-state index contributed by atoms with van der Waals surface area (Å²) in [5, 5.41) is 6.27. The molecule has 3 N–H and O–H groups in total. The lowest BCUT2D eigenvalue weighted by Crippen LogP contribution is -2.35. The SMILES string of the molecule is CN(CC(=O)Cl)C(=N)N.Cl. The molecule has 0 spiro atoms. The number of carbonyl (C=O) groups excluding carboxylic acids is 1. The summed E-state index contributed by atoms with van der Waals surface area (Å²) in [6, 6.07) is 0. The molecular weight excluding hydrogens is 177 g/mol. The fourth-order valence-corrected chi connectivity index (χ4v) is 0.451. The molecule has 0 bridgehead atoms. The first-order chi connectivity index (χ1) is 4.04. The Morgan fingerprint density at radius 3 is 2.30 bits per heavy atom. The molecule has 0 aromatic rings. The molecule has 0 radical (unpaired) electrons. The molecule has 0 saturated heterocycles. The van der Waals surface area contributed by atoms with Crippen molar-refractivity contribution in [1.29, 1.82) is 5.41 Å². The van der Waals surface area contributed by atoms with Gasteiger partial charge in [0.15, 0.2) is 5.96 Å². The summed E-state index contributed by atoms with van der Waals surface area (Å²) >= 11 is 4.98. The third-order valence-corrected chi connectivity index (χ3v) is 0.892. The van der Waals surface area contributed by atoms with Crippen molar-refractivity contribution < 1.29 is 4.79 Å². The van der Waals surface area contributed by atoms with E-state index in [4.69, 9.17) is 22.7 Å². The molecule has 4 nitrogen and oxygen atoms in total. The molecule has 0 rings (SSSR count). The highest BCUT2D eigenvalue weighted by molar-refractivity contribution is 6.64. The summed E-state index contributed by atoms with van der Waals surface area (Å²) in [7, 11) is 1.52. The van der Waals surface area contributed by atoms with Gasteiger partial charge in [-0.2, -0.15) is 0 Å². The Morgan fingerprint density at radius 2 is 2.20 bits per heavy atom. The summed E-state index contributed by atoms with van der Waals surface area (Å²) in [6.45, 7) is -0.0170. The maximum Gasteiger partial charge on any atom is 0.241 e. The second-order valence-corrected chi connectivity index (χ2v) is 2.02. The van der Waals surface area contributed by atoms with Crippen LogP contribution in [0.25, 0.3) is 0 Å². The molecule has 0 atom stereocenters. The summed E-state index contributed by atoms with van der Waals surface area (Å²) < 4.78 is 0. The molecule has 0 aliphatic rings. The molecule has 0 fully saturated rings. The molecule has 6 heteroatoms. The van der Waals surface area contributed by atoms with Crippen molar-refractivity contribution in [1.82, 2.24) is 4.90 Å². The van der Waals surface area contributed by atoms with Crippen molar-refractivity contribution in [2.24, 2.45) is 5.73 Å². The van der Waals surface area contributed by atoms with E-state index in [9.17, 15) is 4.79 Å². The molecule has 0 aliphatic heterocycles. The minimum absolute atomic E-state index is 0. The van der Waals surface area contributed by atoms with Crippen LogP contribution in [0.4, 0.5) is 0 Å². The summed E-state index contributed by atoms with van der Waals surface area (Å²) in [5.41, 5.74) is 4.98. The summed E-state index contributed by atoms with van der Waals surface area (Å²) in [6.07, 6.45) is 0. The quantitative estimate of drug-likeness (QED) is 0.362. The lowest BCUT2D eigenvalue weighted by molar-refractivity contribution is -0.111. The van der Waals surface area contributed by atoms with Gasteiger partial charge in [-0.05, 0) is 11.6 Å². The third kappa shape index (κ3) is 5.65. The lowest BCUT2D eigenvalue weighted by atomic mass is 10.6. The van der Waals surface area contributed by atoms with E-state index in [1.54, 1.807) is 0 Å². The maximum absolute atomic E-state index is 10.1. The highest BCUT2D eigenvalue weighted by atomic mass is 35.5. The maximum atomic E-state index is 10.1. The molecular formula is C4H9Cl2N3O. The number of carbonyl (C=O) groups is 1. The van der Waals surface area contributed by atoms with Crippen molar-refractivity contribution in [3.8, 4) is 0 Å².